The van der Waals surface area contributed by atoms with E-state index in [-0.39, 0.29) is 7.69 Å². The molecule has 0 heterocycles. The van der Waals surface area contributed by atoms with Crippen molar-refractivity contribution >= 4 is 7.69 Å². The zero-order chi connectivity index (χ0) is 12.3. The van der Waals surface area contributed by atoms with Gasteiger partial charge in [-0.05, 0) is 41.7 Å². The molecule has 1 N–H and O–H groups in total. The van der Waals surface area contributed by atoms with Crippen LogP contribution in [0.15, 0.2) is 24.3 Å². The average Bonchev–Trinajstić information content (AvgIpc) is 3.06. The van der Waals surface area contributed by atoms with Gasteiger partial charge in [-0.15, -0.1) is 0 Å². The van der Waals surface area contributed by atoms with Gasteiger partial charge in [0, 0.05) is 6.61 Å². The molecule has 1 aliphatic carbocycles. The molecule has 0 saturated heterocycles. The van der Waals surface area contributed by atoms with Gasteiger partial charge >= 0.3 is 7.69 Å². The van der Waals surface area contributed by atoms with Crippen molar-refractivity contribution in [3.8, 4) is 0 Å². The third-order valence-electron chi connectivity index (χ3n) is 3.70. The maximum Gasteiger partial charge on any atom is 0.435 e. The first-order valence-corrected chi connectivity index (χ1v) is 6.42. The lowest BCUT2D eigenvalue weighted by Crippen LogP contribution is -2.11. The lowest BCUT2D eigenvalue weighted by Gasteiger charge is -2.14. The maximum atomic E-state index is 8.62. The third kappa shape index (κ3) is 3.33. The summed E-state index contributed by atoms with van der Waals surface area (Å²) in [6.45, 7) is 5.11. The molecule has 0 aliphatic heterocycles. The molecule has 1 aliphatic rings. The van der Waals surface area contributed by atoms with E-state index in [2.05, 4.69) is 38.1 Å². The highest BCUT2D eigenvalue weighted by atomic mass is 16.5. The Morgan fingerprint density at radius 3 is 2.88 bits per heavy atom. The lowest BCUT2D eigenvalue weighted by atomic mass is 9.93. The smallest absolute Gasteiger partial charge is 0.430 e. The Bertz CT molecular complexity index is 374. The molecule has 92 valence electrons. The molecular weight excluding hydrogens is 211 g/mol. The molecule has 2 rings (SSSR count). The fraction of sp³-hybridized carbons (Fsp3) is 0.571. The fourth-order valence-corrected chi connectivity index (χ4v) is 2.27. The van der Waals surface area contributed by atoms with Crippen LogP contribution in [0.4, 0.5) is 0 Å². The van der Waals surface area contributed by atoms with Crippen molar-refractivity contribution in [3.63, 3.8) is 0 Å². The van der Waals surface area contributed by atoms with Crippen LogP contribution in [0.25, 0.3) is 0 Å². The largest absolute Gasteiger partial charge is 0.435 e. The van der Waals surface area contributed by atoms with Crippen molar-refractivity contribution in [2.45, 2.75) is 38.5 Å². The molecule has 0 spiro atoms. The minimum atomic E-state index is -0.178. The van der Waals surface area contributed by atoms with Crippen LogP contribution in [0.3, 0.4) is 0 Å². The minimum absolute atomic E-state index is 0.178. The zero-order valence-electron chi connectivity index (χ0n) is 10.8. The van der Waals surface area contributed by atoms with Gasteiger partial charge in [-0.2, -0.15) is 0 Å². The van der Waals surface area contributed by atoms with Crippen molar-refractivity contribution in [2.24, 2.45) is 5.92 Å². The topological polar surface area (TPSA) is 29.5 Å². The summed E-state index contributed by atoms with van der Waals surface area (Å²) in [5.74, 6) is 0.449. The highest BCUT2D eigenvalue weighted by Crippen LogP contribution is 2.47. The molecule has 1 aromatic carbocycles. The van der Waals surface area contributed by atoms with Gasteiger partial charge in [0.1, 0.15) is 0 Å². The average molecular weight is 232 g/mol. The van der Waals surface area contributed by atoms with Crippen molar-refractivity contribution in [1.29, 1.82) is 0 Å². The second kappa shape index (κ2) is 5.24. The molecule has 17 heavy (non-hydrogen) atoms. The van der Waals surface area contributed by atoms with E-state index in [0.717, 1.165) is 6.42 Å². The molecule has 1 saturated carbocycles. The van der Waals surface area contributed by atoms with Crippen LogP contribution in [0.1, 0.15) is 37.8 Å². The first kappa shape index (κ1) is 12.7. The number of hydrogen-bond acceptors (Lipinski definition) is 2. The summed E-state index contributed by atoms with van der Waals surface area (Å²) in [6.07, 6.45) is 3.66. The Morgan fingerprint density at radius 2 is 2.24 bits per heavy atom. The van der Waals surface area contributed by atoms with Crippen LogP contribution >= 0.6 is 0 Å². The van der Waals surface area contributed by atoms with Crippen molar-refractivity contribution in [1.82, 2.24) is 0 Å². The molecule has 3 heteroatoms. The summed E-state index contributed by atoms with van der Waals surface area (Å²) in [5, 5.41) is 8.62. The highest BCUT2D eigenvalue weighted by Gasteiger charge is 2.38. The Kier molecular flexibility index (Phi) is 3.90. The Morgan fingerprint density at radius 1 is 1.47 bits per heavy atom. The summed E-state index contributed by atoms with van der Waals surface area (Å²) in [4.78, 5) is 0. The second-order valence-electron chi connectivity index (χ2n) is 5.57. The first-order chi connectivity index (χ1) is 8.14. The molecule has 1 aromatic rings. The van der Waals surface area contributed by atoms with E-state index in [9.17, 15) is 0 Å². The Balaban J connectivity index is 1.96. The molecule has 1 unspecified atom stereocenters. The van der Waals surface area contributed by atoms with Crippen LogP contribution in [0, 0.1) is 5.92 Å². The fourth-order valence-electron chi connectivity index (χ4n) is 2.27. The predicted octanol–water partition coefficient (Wildman–Crippen LogP) is 2.19. The predicted molar refractivity (Wildman–Crippen MR) is 71.2 cm³/mol. The zero-order valence-corrected chi connectivity index (χ0v) is 10.8. The number of rotatable bonds is 6. The van der Waals surface area contributed by atoms with Gasteiger partial charge < -0.3 is 9.68 Å². The lowest BCUT2D eigenvalue weighted by molar-refractivity contribution is 0.237. The standard InChI is InChI=1S/C14H21BO2/c1-11(10-17-15-16)8-12-4-3-5-13(9-12)14(2)6-7-14/h3-5,9,11,15-16H,6-8,10H2,1-2H3. The van der Waals surface area contributed by atoms with E-state index in [1.807, 2.05) is 0 Å². The van der Waals surface area contributed by atoms with E-state index in [4.69, 9.17) is 9.68 Å². The number of hydrogen-bond donors (Lipinski definition) is 1. The van der Waals surface area contributed by atoms with Gasteiger partial charge in [0.2, 0.25) is 0 Å². The van der Waals surface area contributed by atoms with E-state index >= 15 is 0 Å². The molecule has 0 radical (unpaired) electrons. The summed E-state index contributed by atoms with van der Waals surface area (Å²) < 4.78 is 5.03. The van der Waals surface area contributed by atoms with Crippen molar-refractivity contribution in [2.75, 3.05) is 6.61 Å². The van der Waals surface area contributed by atoms with Crippen LogP contribution < -0.4 is 0 Å². The molecule has 0 aromatic heterocycles. The molecular formula is C14H21BO2. The van der Waals surface area contributed by atoms with Gasteiger partial charge in [0.25, 0.3) is 0 Å². The van der Waals surface area contributed by atoms with E-state index < -0.39 is 0 Å². The van der Waals surface area contributed by atoms with Crippen LogP contribution in [-0.2, 0) is 16.5 Å². The Hall–Kier alpha value is -0.795. The quantitative estimate of drug-likeness (QED) is 0.762. The van der Waals surface area contributed by atoms with Crippen molar-refractivity contribution in [3.05, 3.63) is 35.4 Å². The summed E-state index contributed by atoms with van der Waals surface area (Å²) in [6, 6.07) is 8.92. The third-order valence-corrected chi connectivity index (χ3v) is 3.70. The van der Waals surface area contributed by atoms with Gasteiger partial charge in [-0.3, -0.25) is 0 Å². The van der Waals surface area contributed by atoms with Gasteiger partial charge in [0.05, 0.1) is 0 Å². The second-order valence-corrected chi connectivity index (χ2v) is 5.57. The number of benzene rings is 1. The molecule has 0 amide bonds. The van der Waals surface area contributed by atoms with E-state index in [0.29, 0.717) is 17.9 Å². The van der Waals surface area contributed by atoms with Crippen LogP contribution in [0.2, 0.25) is 0 Å². The van der Waals surface area contributed by atoms with Gasteiger partial charge in [-0.1, -0.05) is 38.1 Å². The van der Waals surface area contributed by atoms with Crippen LogP contribution in [-0.4, -0.2) is 19.3 Å². The molecule has 1 fully saturated rings. The first-order valence-electron chi connectivity index (χ1n) is 6.42. The molecule has 0 bridgehead atoms. The Labute approximate surface area is 104 Å². The van der Waals surface area contributed by atoms with Gasteiger partial charge in [0.15, 0.2) is 0 Å². The van der Waals surface area contributed by atoms with Gasteiger partial charge in [-0.25, -0.2) is 0 Å². The van der Waals surface area contributed by atoms with Crippen molar-refractivity contribution < 1.29 is 9.68 Å². The SMILES string of the molecule is CC(COBO)Cc1cccc(C2(C)CC2)c1. The van der Waals surface area contributed by atoms with E-state index in [1.54, 1.807) is 0 Å². The summed E-state index contributed by atoms with van der Waals surface area (Å²) in [7, 11) is -0.178. The normalized spacial score (nSPS) is 18.8. The van der Waals surface area contributed by atoms with Crippen LogP contribution in [0.5, 0.6) is 0 Å². The van der Waals surface area contributed by atoms with E-state index in [1.165, 1.54) is 24.0 Å². The summed E-state index contributed by atoms with van der Waals surface area (Å²) in [5.41, 5.74) is 3.30. The maximum absolute atomic E-state index is 8.62. The molecule has 1 atom stereocenters. The molecule has 2 nitrogen and oxygen atoms in total. The highest BCUT2D eigenvalue weighted by molar-refractivity contribution is 6.15. The monoisotopic (exact) mass is 232 g/mol. The minimum Gasteiger partial charge on any atom is -0.430 e. The summed E-state index contributed by atoms with van der Waals surface area (Å²) >= 11 is 0.